The van der Waals surface area contributed by atoms with Gasteiger partial charge >= 0.3 is 0 Å². The van der Waals surface area contributed by atoms with Crippen LogP contribution in [0.1, 0.15) is 17.0 Å². The Balaban J connectivity index is 2.27. The number of allylic oxidation sites excluding steroid dienone is 1. The fourth-order valence-electron chi connectivity index (χ4n) is 2.81. The summed E-state index contributed by atoms with van der Waals surface area (Å²) < 4.78 is 34.1. The van der Waals surface area contributed by atoms with Gasteiger partial charge in [0.1, 0.15) is 29.0 Å². The van der Waals surface area contributed by atoms with Crippen molar-refractivity contribution in [2.45, 2.75) is 5.92 Å². The Bertz CT molecular complexity index is 864. The van der Waals surface area contributed by atoms with E-state index in [0.29, 0.717) is 11.3 Å². The summed E-state index contributed by atoms with van der Waals surface area (Å²) in [6, 6.07) is 10.7. The highest BCUT2D eigenvalue weighted by molar-refractivity contribution is 5.61. The Hall–Kier alpha value is -3.07. The van der Waals surface area contributed by atoms with Gasteiger partial charge in [-0.2, -0.15) is 5.26 Å². The summed E-state index contributed by atoms with van der Waals surface area (Å²) >= 11 is 0. The van der Waals surface area contributed by atoms with Gasteiger partial charge in [0.05, 0.1) is 5.92 Å². The molecule has 24 heavy (non-hydrogen) atoms. The second-order valence-electron chi connectivity index (χ2n) is 5.68. The molecule has 4 nitrogen and oxygen atoms in total. The van der Waals surface area contributed by atoms with E-state index in [-0.39, 0.29) is 17.0 Å². The first-order valence-electron chi connectivity index (χ1n) is 7.26. The SMILES string of the molecule is CN(C)c1ccc2c(c1)OC(N)=C(C#N)[C@@H]2c1c(F)cccc1F. The molecule has 1 atom stereocenters. The van der Waals surface area contributed by atoms with E-state index in [1.54, 1.807) is 18.2 Å². The number of ether oxygens (including phenoxy) is 1. The average molecular weight is 327 g/mol. The first-order valence-corrected chi connectivity index (χ1v) is 7.26. The van der Waals surface area contributed by atoms with E-state index < -0.39 is 17.6 Å². The van der Waals surface area contributed by atoms with E-state index in [1.807, 2.05) is 25.1 Å². The molecule has 122 valence electrons. The van der Waals surface area contributed by atoms with Crippen LogP contribution >= 0.6 is 0 Å². The van der Waals surface area contributed by atoms with Crippen LogP contribution < -0.4 is 15.4 Å². The van der Waals surface area contributed by atoms with Crippen molar-refractivity contribution in [1.29, 1.82) is 5.26 Å². The average Bonchev–Trinajstić information content (AvgIpc) is 2.53. The van der Waals surface area contributed by atoms with Crippen LogP contribution in [0, 0.1) is 23.0 Å². The Morgan fingerprint density at radius 1 is 1.17 bits per heavy atom. The summed E-state index contributed by atoms with van der Waals surface area (Å²) in [5.41, 5.74) is 6.95. The van der Waals surface area contributed by atoms with Crippen LogP contribution in [0.15, 0.2) is 47.9 Å². The van der Waals surface area contributed by atoms with Gasteiger partial charge in [-0.15, -0.1) is 0 Å². The van der Waals surface area contributed by atoms with Gasteiger partial charge in [-0.05, 0) is 18.2 Å². The Morgan fingerprint density at radius 3 is 2.42 bits per heavy atom. The van der Waals surface area contributed by atoms with Crippen LogP contribution in [0.25, 0.3) is 0 Å². The predicted octanol–water partition coefficient (Wildman–Crippen LogP) is 3.25. The van der Waals surface area contributed by atoms with Gasteiger partial charge in [0.25, 0.3) is 0 Å². The summed E-state index contributed by atoms with van der Waals surface area (Å²) in [5, 5.41) is 9.42. The van der Waals surface area contributed by atoms with Gasteiger partial charge in [0, 0.05) is 37.0 Å². The summed E-state index contributed by atoms with van der Waals surface area (Å²) in [4.78, 5) is 1.86. The molecule has 1 heterocycles. The van der Waals surface area contributed by atoms with Gasteiger partial charge in [-0.3, -0.25) is 0 Å². The third kappa shape index (κ3) is 2.44. The van der Waals surface area contributed by atoms with Crippen LogP contribution in [0.5, 0.6) is 5.75 Å². The van der Waals surface area contributed by atoms with Crippen molar-refractivity contribution >= 4 is 5.69 Å². The van der Waals surface area contributed by atoms with Crippen molar-refractivity contribution < 1.29 is 13.5 Å². The van der Waals surface area contributed by atoms with E-state index in [0.717, 1.165) is 17.8 Å². The largest absolute Gasteiger partial charge is 0.440 e. The lowest BCUT2D eigenvalue weighted by Crippen LogP contribution is -2.23. The molecule has 0 radical (unpaired) electrons. The second kappa shape index (κ2) is 5.85. The standard InChI is InChI=1S/C18H15F2N3O/c1-23(2)10-6-7-11-15(8-10)24-18(22)12(9-21)16(11)17-13(19)4-3-5-14(17)20/h3-8,16H,22H2,1-2H3/t16-/m1/s1. The fraction of sp³-hybridized carbons (Fsp3) is 0.167. The van der Waals surface area contributed by atoms with Gasteiger partial charge in [0.2, 0.25) is 5.88 Å². The van der Waals surface area contributed by atoms with Crippen molar-refractivity contribution in [2.75, 3.05) is 19.0 Å². The van der Waals surface area contributed by atoms with Gasteiger partial charge in [-0.25, -0.2) is 8.78 Å². The lowest BCUT2D eigenvalue weighted by Gasteiger charge is -2.28. The molecule has 6 heteroatoms. The highest BCUT2D eigenvalue weighted by atomic mass is 19.1. The Labute approximate surface area is 138 Å². The van der Waals surface area contributed by atoms with E-state index in [9.17, 15) is 14.0 Å². The number of hydrogen-bond acceptors (Lipinski definition) is 4. The maximum Gasteiger partial charge on any atom is 0.205 e. The van der Waals surface area contributed by atoms with E-state index in [1.165, 1.54) is 6.07 Å². The van der Waals surface area contributed by atoms with Crippen LogP contribution in [-0.2, 0) is 0 Å². The quantitative estimate of drug-likeness (QED) is 0.920. The molecule has 1 aliphatic heterocycles. The molecule has 0 bridgehead atoms. The van der Waals surface area contributed by atoms with Crippen LogP contribution in [-0.4, -0.2) is 14.1 Å². The number of nitrogens with two attached hydrogens (primary N) is 1. The normalized spacial score (nSPS) is 16.2. The molecule has 0 saturated carbocycles. The molecule has 0 aliphatic carbocycles. The predicted molar refractivity (Wildman–Crippen MR) is 86.4 cm³/mol. The number of halogens is 2. The zero-order valence-electron chi connectivity index (χ0n) is 13.2. The Kier molecular flexibility index (Phi) is 3.86. The second-order valence-corrected chi connectivity index (χ2v) is 5.68. The van der Waals surface area contributed by atoms with Crippen LogP contribution in [0.4, 0.5) is 14.5 Å². The zero-order valence-corrected chi connectivity index (χ0v) is 13.2. The molecule has 3 rings (SSSR count). The molecule has 0 fully saturated rings. The van der Waals surface area contributed by atoms with Crippen molar-refractivity contribution in [2.24, 2.45) is 5.73 Å². The number of nitrogens with zero attached hydrogens (tertiary/aromatic N) is 2. The molecule has 1 aliphatic rings. The number of benzene rings is 2. The number of hydrogen-bond donors (Lipinski definition) is 1. The maximum absolute atomic E-state index is 14.3. The molecule has 0 saturated heterocycles. The maximum atomic E-state index is 14.3. The number of nitriles is 1. The van der Waals surface area contributed by atoms with Crippen molar-refractivity contribution in [3.05, 3.63) is 70.6 Å². The zero-order chi connectivity index (χ0) is 17.4. The number of fused-ring (bicyclic) bond motifs is 1. The minimum atomic E-state index is -0.948. The lowest BCUT2D eigenvalue weighted by molar-refractivity contribution is 0.391. The summed E-state index contributed by atoms with van der Waals surface area (Å²) in [5.74, 6) is -2.18. The highest BCUT2D eigenvalue weighted by Gasteiger charge is 2.34. The van der Waals surface area contributed by atoms with Crippen molar-refractivity contribution in [3.63, 3.8) is 0 Å². The van der Waals surface area contributed by atoms with Gasteiger partial charge in [0.15, 0.2) is 0 Å². The van der Waals surface area contributed by atoms with E-state index >= 15 is 0 Å². The summed E-state index contributed by atoms with van der Waals surface area (Å²) in [6.45, 7) is 0. The van der Waals surface area contributed by atoms with Crippen LogP contribution in [0.2, 0.25) is 0 Å². The molecular formula is C18H15F2N3O. The molecule has 2 aromatic rings. The monoisotopic (exact) mass is 327 g/mol. The van der Waals surface area contributed by atoms with Crippen molar-refractivity contribution in [1.82, 2.24) is 0 Å². The number of anilines is 1. The summed E-state index contributed by atoms with van der Waals surface area (Å²) in [6.07, 6.45) is 0. The van der Waals surface area contributed by atoms with Gasteiger partial charge < -0.3 is 15.4 Å². The molecular weight excluding hydrogens is 312 g/mol. The molecule has 2 aromatic carbocycles. The number of rotatable bonds is 2. The molecule has 0 amide bonds. The third-order valence-electron chi connectivity index (χ3n) is 4.01. The molecule has 2 N–H and O–H groups in total. The topological polar surface area (TPSA) is 62.3 Å². The first-order chi connectivity index (χ1) is 11.4. The minimum absolute atomic E-state index is 0.0101. The van der Waals surface area contributed by atoms with Crippen LogP contribution in [0.3, 0.4) is 0 Å². The minimum Gasteiger partial charge on any atom is -0.440 e. The van der Waals surface area contributed by atoms with E-state index in [2.05, 4.69) is 0 Å². The highest BCUT2D eigenvalue weighted by Crippen LogP contribution is 2.44. The molecule has 0 spiro atoms. The van der Waals surface area contributed by atoms with E-state index in [4.69, 9.17) is 10.5 Å². The first kappa shape index (κ1) is 15.8. The van der Waals surface area contributed by atoms with Gasteiger partial charge in [-0.1, -0.05) is 12.1 Å². The lowest BCUT2D eigenvalue weighted by atomic mass is 9.83. The Morgan fingerprint density at radius 2 is 1.83 bits per heavy atom. The fourth-order valence-corrected chi connectivity index (χ4v) is 2.81. The third-order valence-corrected chi connectivity index (χ3v) is 4.01. The molecule has 0 unspecified atom stereocenters. The summed E-state index contributed by atoms with van der Waals surface area (Å²) in [7, 11) is 3.72. The molecule has 0 aromatic heterocycles. The van der Waals surface area contributed by atoms with Crippen molar-refractivity contribution in [3.8, 4) is 11.8 Å². The smallest absolute Gasteiger partial charge is 0.205 e.